The summed E-state index contributed by atoms with van der Waals surface area (Å²) in [6, 6.07) is 0. The Morgan fingerprint density at radius 2 is 2.43 bits per heavy atom. The highest BCUT2D eigenvalue weighted by atomic mass is 16.1. The van der Waals surface area contributed by atoms with Crippen LogP contribution in [-0.4, -0.2) is 6.29 Å². The summed E-state index contributed by atoms with van der Waals surface area (Å²) in [5, 5.41) is 0. The molecule has 1 heteroatoms. The van der Waals surface area contributed by atoms with E-state index in [0.29, 0.717) is 12.7 Å². The highest BCUT2D eigenvalue weighted by molar-refractivity contribution is 5.72. The summed E-state index contributed by atoms with van der Waals surface area (Å²) in [6.07, 6.45) is 2.82. The topological polar surface area (TPSA) is 17.1 Å². The van der Waals surface area contributed by atoms with Gasteiger partial charge in [-0.05, 0) is 5.92 Å². The Hall–Kier alpha value is -1.03. The van der Waals surface area contributed by atoms with Crippen molar-refractivity contribution in [3.8, 4) is 11.8 Å². The summed E-state index contributed by atoms with van der Waals surface area (Å²) in [7, 11) is 0. The van der Waals surface area contributed by atoms with Gasteiger partial charge in [-0.2, -0.15) is 0 Å². The monoisotopic (exact) mass is 94.0 g/mol. The number of hydrogen-bond donors (Lipinski definition) is 0. The molecule has 0 rings (SSSR count). The lowest BCUT2D eigenvalue weighted by Gasteiger charge is -1.63. The Morgan fingerprint density at radius 3 is 2.86 bits per heavy atom. The van der Waals surface area contributed by atoms with Crippen LogP contribution >= 0.6 is 0 Å². The van der Waals surface area contributed by atoms with Crippen molar-refractivity contribution in [1.82, 2.24) is 0 Å². The molecule has 0 aliphatic rings. The molecule has 36 valence electrons. The molecule has 0 saturated carbocycles. The number of allylic oxidation sites excluding steroid dienone is 1. The van der Waals surface area contributed by atoms with Gasteiger partial charge in [0, 0.05) is 6.42 Å². The fourth-order valence-corrected chi connectivity index (χ4v) is 0.173. The standard InChI is InChI=1S/C6H6O/c1-2-3-4-5-6-7/h2,6H,1,3H2. The van der Waals surface area contributed by atoms with Crippen molar-refractivity contribution in [3.05, 3.63) is 12.7 Å². The van der Waals surface area contributed by atoms with Crippen LogP contribution in [0, 0.1) is 11.8 Å². The van der Waals surface area contributed by atoms with Crippen molar-refractivity contribution in [2.24, 2.45) is 0 Å². The van der Waals surface area contributed by atoms with Crippen LogP contribution < -0.4 is 0 Å². The summed E-state index contributed by atoms with van der Waals surface area (Å²) < 4.78 is 0. The molecular weight excluding hydrogens is 88.1 g/mol. The zero-order valence-corrected chi connectivity index (χ0v) is 3.98. The Labute approximate surface area is 43.0 Å². The van der Waals surface area contributed by atoms with E-state index in [0.717, 1.165) is 0 Å². The number of hydrogen-bond acceptors (Lipinski definition) is 1. The number of aldehydes is 1. The van der Waals surface area contributed by atoms with Crippen LogP contribution in [0.3, 0.4) is 0 Å². The molecule has 0 aromatic rings. The molecule has 0 aliphatic heterocycles. The minimum Gasteiger partial charge on any atom is -0.289 e. The van der Waals surface area contributed by atoms with Crippen LogP contribution in [0.15, 0.2) is 12.7 Å². The van der Waals surface area contributed by atoms with Crippen LogP contribution in [0.2, 0.25) is 0 Å². The molecular formula is C6H6O. The molecule has 0 amide bonds. The summed E-state index contributed by atoms with van der Waals surface area (Å²) in [5.41, 5.74) is 0. The SMILES string of the molecule is C=CCC#CC=O. The number of carbonyl (C=O) groups excluding carboxylic acids is 1. The molecule has 0 heterocycles. The summed E-state index contributed by atoms with van der Waals surface area (Å²) in [5.74, 6) is 4.80. The maximum absolute atomic E-state index is 9.47. The minimum absolute atomic E-state index is 0.573. The van der Waals surface area contributed by atoms with Gasteiger partial charge in [0.15, 0.2) is 6.29 Å². The maximum atomic E-state index is 9.47. The molecule has 0 saturated heterocycles. The van der Waals surface area contributed by atoms with Gasteiger partial charge >= 0.3 is 0 Å². The van der Waals surface area contributed by atoms with Crippen molar-refractivity contribution in [1.29, 1.82) is 0 Å². The van der Waals surface area contributed by atoms with E-state index in [1.54, 1.807) is 6.08 Å². The van der Waals surface area contributed by atoms with Gasteiger partial charge in [0.05, 0.1) is 0 Å². The zero-order chi connectivity index (χ0) is 5.54. The van der Waals surface area contributed by atoms with Crippen LogP contribution in [0.25, 0.3) is 0 Å². The van der Waals surface area contributed by atoms with Gasteiger partial charge in [-0.3, -0.25) is 4.79 Å². The molecule has 0 atom stereocenters. The molecule has 0 aromatic carbocycles. The molecule has 7 heavy (non-hydrogen) atoms. The Morgan fingerprint density at radius 1 is 1.71 bits per heavy atom. The van der Waals surface area contributed by atoms with Gasteiger partial charge < -0.3 is 0 Å². The molecule has 0 unspecified atom stereocenters. The lowest BCUT2D eigenvalue weighted by atomic mass is 10.4. The second-order valence-electron chi connectivity index (χ2n) is 0.932. The second-order valence-corrected chi connectivity index (χ2v) is 0.932. The summed E-state index contributed by atoms with van der Waals surface area (Å²) >= 11 is 0. The Bertz CT molecular complexity index is 114. The fourth-order valence-electron chi connectivity index (χ4n) is 0.173. The van der Waals surface area contributed by atoms with E-state index < -0.39 is 0 Å². The minimum atomic E-state index is 0.573. The lowest BCUT2D eigenvalue weighted by molar-refractivity contribution is -0.103. The molecule has 1 nitrogen and oxygen atoms in total. The molecule has 0 aromatic heterocycles. The van der Waals surface area contributed by atoms with Crippen molar-refractivity contribution in [2.75, 3.05) is 0 Å². The molecule has 0 fully saturated rings. The van der Waals surface area contributed by atoms with E-state index in [9.17, 15) is 4.79 Å². The van der Waals surface area contributed by atoms with Gasteiger partial charge in [0.1, 0.15) is 0 Å². The fraction of sp³-hybridized carbons (Fsp3) is 0.167. The van der Waals surface area contributed by atoms with Gasteiger partial charge in [-0.25, -0.2) is 0 Å². The highest BCUT2D eigenvalue weighted by Crippen LogP contribution is 1.69. The Kier molecular flexibility index (Phi) is 4.24. The lowest BCUT2D eigenvalue weighted by Crippen LogP contribution is -1.58. The molecule has 0 spiro atoms. The van der Waals surface area contributed by atoms with Gasteiger partial charge in [-0.1, -0.05) is 12.0 Å². The van der Waals surface area contributed by atoms with Crippen molar-refractivity contribution in [3.63, 3.8) is 0 Å². The van der Waals surface area contributed by atoms with E-state index >= 15 is 0 Å². The van der Waals surface area contributed by atoms with Crippen molar-refractivity contribution >= 4 is 6.29 Å². The first-order valence-electron chi connectivity index (χ1n) is 1.94. The third-order valence-corrected chi connectivity index (χ3v) is 0.407. The summed E-state index contributed by atoms with van der Waals surface area (Å²) in [4.78, 5) is 9.47. The predicted molar refractivity (Wildman–Crippen MR) is 28.7 cm³/mol. The molecule has 0 radical (unpaired) electrons. The van der Waals surface area contributed by atoms with Crippen LogP contribution in [-0.2, 0) is 4.79 Å². The largest absolute Gasteiger partial charge is 0.289 e. The van der Waals surface area contributed by atoms with Crippen LogP contribution in [0.5, 0.6) is 0 Å². The van der Waals surface area contributed by atoms with Gasteiger partial charge in [0.2, 0.25) is 0 Å². The zero-order valence-electron chi connectivity index (χ0n) is 3.98. The van der Waals surface area contributed by atoms with Gasteiger partial charge in [0.25, 0.3) is 0 Å². The smallest absolute Gasteiger partial charge is 0.192 e. The first-order chi connectivity index (χ1) is 3.41. The van der Waals surface area contributed by atoms with Crippen LogP contribution in [0.1, 0.15) is 6.42 Å². The first kappa shape index (κ1) is 5.97. The van der Waals surface area contributed by atoms with E-state index in [1.165, 1.54) is 0 Å². The number of rotatable bonds is 1. The Balaban J connectivity index is 3.24. The maximum Gasteiger partial charge on any atom is 0.192 e. The first-order valence-corrected chi connectivity index (χ1v) is 1.94. The third kappa shape index (κ3) is 4.97. The second kappa shape index (κ2) is 4.97. The molecule has 0 aliphatic carbocycles. The van der Waals surface area contributed by atoms with E-state index in [2.05, 4.69) is 18.4 Å². The predicted octanol–water partition coefficient (Wildman–Crippen LogP) is 0.765. The van der Waals surface area contributed by atoms with E-state index in [4.69, 9.17) is 0 Å². The quantitative estimate of drug-likeness (QED) is 0.266. The van der Waals surface area contributed by atoms with E-state index in [-0.39, 0.29) is 0 Å². The normalized spacial score (nSPS) is 5.71. The van der Waals surface area contributed by atoms with Crippen LogP contribution in [0.4, 0.5) is 0 Å². The number of carbonyl (C=O) groups is 1. The van der Waals surface area contributed by atoms with Crippen molar-refractivity contribution in [2.45, 2.75) is 6.42 Å². The average molecular weight is 94.1 g/mol. The summed E-state index contributed by atoms with van der Waals surface area (Å²) in [6.45, 7) is 3.41. The third-order valence-electron chi connectivity index (χ3n) is 0.407. The molecule has 0 bridgehead atoms. The van der Waals surface area contributed by atoms with E-state index in [1.807, 2.05) is 0 Å². The van der Waals surface area contributed by atoms with Gasteiger partial charge in [-0.15, -0.1) is 6.58 Å². The average Bonchev–Trinajstić information content (AvgIpc) is 1.69. The molecule has 0 N–H and O–H groups in total. The van der Waals surface area contributed by atoms with Crippen molar-refractivity contribution < 1.29 is 4.79 Å². The highest BCUT2D eigenvalue weighted by Gasteiger charge is 1.59.